The number of hydrogen-bond acceptors (Lipinski definition) is 2. The second-order valence-electron chi connectivity index (χ2n) is 3.21. The van der Waals surface area contributed by atoms with Gasteiger partial charge in [0.15, 0.2) is 5.92 Å². The van der Waals surface area contributed by atoms with Crippen molar-refractivity contribution in [2.75, 3.05) is 0 Å². The quantitative estimate of drug-likeness (QED) is 0.665. The van der Waals surface area contributed by atoms with Crippen molar-refractivity contribution in [2.24, 2.45) is 5.92 Å². The predicted octanol–water partition coefficient (Wildman–Crippen LogP) is 2.29. The summed E-state index contributed by atoms with van der Waals surface area (Å²) in [5, 5.41) is 17.6. The molecule has 0 saturated carbocycles. The molecule has 2 rings (SSSR count). The Balaban J connectivity index is 2.44. The molecule has 0 saturated heterocycles. The molecule has 0 unspecified atom stereocenters. The van der Waals surface area contributed by atoms with Crippen LogP contribution in [-0.4, -0.2) is 0 Å². The van der Waals surface area contributed by atoms with Crippen LogP contribution in [0.25, 0.3) is 5.57 Å². The zero-order valence-corrected chi connectivity index (χ0v) is 7.57. The molecular formula is C12H8N2. The van der Waals surface area contributed by atoms with Gasteiger partial charge in [0.1, 0.15) is 0 Å². The molecule has 0 spiro atoms. The molecule has 2 nitrogen and oxygen atoms in total. The van der Waals surface area contributed by atoms with Crippen molar-refractivity contribution in [2.45, 2.75) is 6.42 Å². The van der Waals surface area contributed by atoms with Gasteiger partial charge in [-0.25, -0.2) is 0 Å². The van der Waals surface area contributed by atoms with E-state index in [2.05, 4.69) is 0 Å². The fourth-order valence-corrected chi connectivity index (χ4v) is 1.75. The Morgan fingerprint density at radius 2 is 1.86 bits per heavy atom. The molecule has 0 N–H and O–H groups in total. The maximum atomic E-state index is 8.80. The second-order valence-corrected chi connectivity index (χ2v) is 3.21. The van der Waals surface area contributed by atoms with E-state index in [0.717, 1.165) is 17.6 Å². The van der Waals surface area contributed by atoms with Crippen LogP contribution in [0.4, 0.5) is 0 Å². The van der Waals surface area contributed by atoms with Crippen LogP contribution in [0.1, 0.15) is 11.1 Å². The molecule has 0 atom stereocenters. The van der Waals surface area contributed by atoms with Crippen molar-refractivity contribution in [3.8, 4) is 12.1 Å². The Morgan fingerprint density at radius 1 is 1.14 bits per heavy atom. The Morgan fingerprint density at radius 3 is 2.57 bits per heavy atom. The van der Waals surface area contributed by atoms with Crippen molar-refractivity contribution in [1.29, 1.82) is 10.5 Å². The molecule has 0 fully saturated rings. The summed E-state index contributed by atoms with van der Waals surface area (Å²) in [4.78, 5) is 0. The summed E-state index contributed by atoms with van der Waals surface area (Å²) in [6, 6.07) is 11.9. The van der Waals surface area contributed by atoms with Crippen LogP contribution >= 0.6 is 0 Å². The number of nitriles is 2. The first-order chi connectivity index (χ1) is 6.86. The van der Waals surface area contributed by atoms with E-state index in [4.69, 9.17) is 10.5 Å². The van der Waals surface area contributed by atoms with Crippen molar-refractivity contribution in [1.82, 2.24) is 0 Å². The van der Waals surface area contributed by atoms with E-state index in [9.17, 15) is 0 Å². The summed E-state index contributed by atoms with van der Waals surface area (Å²) in [6.45, 7) is 0. The zero-order valence-electron chi connectivity index (χ0n) is 7.57. The van der Waals surface area contributed by atoms with Crippen LogP contribution in [-0.2, 0) is 6.42 Å². The molecule has 0 heterocycles. The molecule has 66 valence electrons. The third kappa shape index (κ3) is 1.18. The maximum absolute atomic E-state index is 8.80. The molecule has 0 radical (unpaired) electrons. The minimum Gasteiger partial charge on any atom is -0.196 e. The van der Waals surface area contributed by atoms with Crippen molar-refractivity contribution < 1.29 is 0 Å². The standard InChI is InChI=1S/C12H8N2/c13-7-10(8-14)12-6-5-9-3-1-2-4-11(9)12/h1-4,6,10H,5H2. The van der Waals surface area contributed by atoms with E-state index < -0.39 is 5.92 Å². The van der Waals surface area contributed by atoms with E-state index in [1.54, 1.807) is 0 Å². The van der Waals surface area contributed by atoms with Gasteiger partial charge in [-0.1, -0.05) is 30.3 Å². The van der Waals surface area contributed by atoms with Gasteiger partial charge in [0.25, 0.3) is 0 Å². The average molecular weight is 180 g/mol. The molecule has 1 aliphatic carbocycles. The molecule has 0 bridgehead atoms. The SMILES string of the molecule is N#CC(C#N)C1=CCc2ccccc21. The van der Waals surface area contributed by atoms with Crippen LogP contribution < -0.4 is 0 Å². The van der Waals surface area contributed by atoms with Gasteiger partial charge in [-0.15, -0.1) is 0 Å². The highest BCUT2D eigenvalue weighted by Gasteiger charge is 2.20. The van der Waals surface area contributed by atoms with Gasteiger partial charge in [0.05, 0.1) is 12.1 Å². The number of benzene rings is 1. The number of rotatable bonds is 1. The van der Waals surface area contributed by atoms with E-state index in [-0.39, 0.29) is 0 Å². The average Bonchev–Trinajstić information content (AvgIpc) is 2.65. The highest BCUT2D eigenvalue weighted by atomic mass is 14.3. The van der Waals surface area contributed by atoms with Gasteiger partial charge < -0.3 is 0 Å². The lowest BCUT2D eigenvalue weighted by atomic mass is 9.96. The normalized spacial score (nSPS) is 12.9. The minimum atomic E-state index is -0.626. The smallest absolute Gasteiger partial charge is 0.158 e. The molecular weight excluding hydrogens is 172 g/mol. The molecule has 0 aliphatic heterocycles. The molecule has 0 aromatic heterocycles. The third-order valence-corrected chi connectivity index (χ3v) is 2.44. The van der Waals surface area contributed by atoms with Crippen LogP contribution in [0, 0.1) is 28.6 Å². The van der Waals surface area contributed by atoms with Crippen LogP contribution in [0.2, 0.25) is 0 Å². The van der Waals surface area contributed by atoms with E-state index in [0.29, 0.717) is 0 Å². The maximum Gasteiger partial charge on any atom is 0.158 e. The Hall–Kier alpha value is -2.06. The van der Waals surface area contributed by atoms with Gasteiger partial charge in [-0.05, 0) is 23.1 Å². The van der Waals surface area contributed by atoms with Gasteiger partial charge >= 0.3 is 0 Å². The summed E-state index contributed by atoms with van der Waals surface area (Å²) in [7, 11) is 0. The van der Waals surface area contributed by atoms with Crippen molar-refractivity contribution in [3.05, 3.63) is 41.5 Å². The summed E-state index contributed by atoms with van der Waals surface area (Å²) < 4.78 is 0. The number of nitrogens with zero attached hydrogens (tertiary/aromatic N) is 2. The number of fused-ring (bicyclic) bond motifs is 1. The minimum absolute atomic E-state index is 0.626. The van der Waals surface area contributed by atoms with Gasteiger partial charge in [-0.3, -0.25) is 0 Å². The Labute approximate surface area is 82.7 Å². The van der Waals surface area contributed by atoms with E-state index in [1.807, 2.05) is 42.5 Å². The first-order valence-corrected chi connectivity index (χ1v) is 4.44. The summed E-state index contributed by atoms with van der Waals surface area (Å²) in [5.74, 6) is -0.626. The van der Waals surface area contributed by atoms with Crippen LogP contribution in [0.5, 0.6) is 0 Å². The summed E-state index contributed by atoms with van der Waals surface area (Å²) in [6.07, 6.45) is 2.81. The predicted molar refractivity (Wildman–Crippen MR) is 52.8 cm³/mol. The summed E-state index contributed by atoms with van der Waals surface area (Å²) >= 11 is 0. The number of hydrogen-bond donors (Lipinski definition) is 0. The highest BCUT2D eigenvalue weighted by molar-refractivity contribution is 5.77. The fourth-order valence-electron chi connectivity index (χ4n) is 1.75. The lowest BCUT2D eigenvalue weighted by molar-refractivity contribution is 1.12. The lowest BCUT2D eigenvalue weighted by Crippen LogP contribution is -1.95. The number of allylic oxidation sites excluding steroid dienone is 2. The largest absolute Gasteiger partial charge is 0.196 e. The molecule has 0 amide bonds. The monoisotopic (exact) mass is 180 g/mol. The highest BCUT2D eigenvalue weighted by Crippen LogP contribution is 2.32. The zero-order chi connectivity index (χ0) is 9.97. The van der Waals surface area contributed by atoms with Crippen molar-refractivity contribution in [3.63, 3.8) is 0 Å². The van der Waals surface area contributed by atoms with Gasteiger partial charge in [0.2, 0.25) is 0 Å². The Kier molecular flexibility index (Phi) is 2.05. The fraction of sp³-hybridized carbons (Fsp3) is 0.167. The Bertz CT molecular complexity index is 458. The van der Waals surface area contributed by atoms with Gasteiger partial charge in [-0.2, -0.15) is 10.5 Å². The van der Waals surface area contributed by atoms with E-state index >= 15 is 0 Å². The second kappa shape index (κ2) is 3.36. The molecule has 2 heteroatoms. The summed E-state index contributed by atoms with van der Waals surface area (Å²) in [5.41, 5.74) is 3.13. The first-order valence-electron chi connectivity index (χ1n) is 4.44. The molecule has 1 aromatic rings. The van der Waals surface area contributed by atoms with E-state index in [1.165, 1.54) is 5.56 Å². The molecule has 14 heavy (non-hydrogen) atoms. The molecule has 1 aliphatic rings. The van der Waals surface area contributed by atoms with Crippen molar-refractivity contribution >= 4 is 5.57 Å². The van der Waals surface area contributed by atoms with Crippen LogP contribution in [0.15, 0.2) is 30.3 Å². The third-order valence-electron chi connectivity index (χ3n) is 2.44. The van der Waals surface area contributed by atoms with Crippen LogP contribution in [0.3, 0.4) is 0 Å². The lowest BCUT2D eigenvalue weighted by Gasteiger charge is -2.04. The molecule has 1 aromatic carbocycles. The topological polar surface area (TPSA) is 47.6 Å². The van der Waals surface area contributed by atoms with Gasteiger partial charge in [0, 0.05) is 0 Å². The first kappa shape index (κ1) is 8.53.